The van der Waals surface area contributed by atoms with Crippen molar-refractivity contribution in [2.45, 2.75) is 6.92 Å². The molecule has 2 N–H and O–H groups in total. The Morgan fingerprint density at radius 2 is 2.05 bits per heavy atom. The smallest absolute Gasteiger partial charge is 0.337 e. The van der Waals surface area contributed by atoms with Crippen LogP contribution in [-0.2, 0) is 4.79 Å². The highest BCUT2D eigenvalue weighted by molar-refractivity contribution is 6.06. The summed E-state index contributed by atoms with van der Waals surface area (Å²) < 4.78 is 10.4. The van der Waals surface area contributed by atoms with Gasteiger partial charge in [-0.05, 0) is 19.1 Å². The SMILES string of the molecule is CCOc1ccc2c(C(=O)NCC(=O)NC)cc(=O)oc2c1. The molecule has 0 bridgehead atoms. The zero-order valence-electron chi connectivity index (χ0n) is 12.3. The molecule has 0 aliphatic carbocycles. The van der Waals surface area contributed by atoms with Crippen LogP contribution in [0, 0.1) is 0 Å². The van der Waals surface area contributed by atoms with E-state index < -0.39 is 11.5 Å². The highest BCUT2D eigenvalue weighted by Gasteiger charge is 2.14. The number of benzene rings is 1. The van der Waals surface area contributed by atoms with E-state index in [1.54, 1.807) is 18.2 Å². The number of hydrogen-bond acceptors (Lipinski definition) is 5. The van der Waals surface area contributed by atoms with Gasteiger partial charge in [0.2, 0.25) is 5.91 Å². The van der Waals surface area contributed by atoms with Crippen LogP contribution in [-0.4, -0.2) is 32.0 Å². The molecular formula is C15H16N2O5. The van der Waals surface area contributed by atoms with Crippen molar-refractivity contribution in [3.63, 3.8) is 0 Å². The fourth-order valence-electron chi connectivity index (χ4n) is 1.93. The summed E-state index contributed by atoms with van der Waals surface area (Å²) in [5, 5.41) is 5.31. The van der Waals surface area contributed by atoms with E-state index in [2.05, 4.69) is 10.6 Å². The van der Waals surface area contributed by atoms with Gasteiger partial charge in [-0.2, -0.15) is 0 Å². The van der Waals surface area contributed by atoms with Crippen molar-refractivity contribution in [2.75, 3.05) is 20.2 Å². The second kappa shape index (κ2) is 6.75. The summed E-state index contributed by atoms with van der Waals surface area (Å²) in [5.74, 6) is -0.314. The van der Waals surface area contributed by atoms with Gasteiger partial charge in [-0.1, -0.05) is 0 Å². The second-order valence-electron chi connectivity index (χ2n) is 4.43. The van der Waals surface area contributed by atoms with Gasteiger partial charge < -0.3 is 19.8 Å². The first-order valence-corrected chi connectivity index (χ1v) is 6.74. The minimum Gasteiger partial charge on any atom is -0.494 e. The Balaban J connectivity index is 2.38. The van der Waals surface area contributed by atoms with Crippen molar-refractivity contribution in [2.24, 2.45) is 0 Å². The molecule has 0 aliphatic rings. The summed E-state index contributed by atoms with van der Waals surface area (Å²) in [6.45, 7) is 2.14. The minimum atomic E-state index is -0.647. The molecule has 0 spiro atoms. The lowest BCUT2D eigenvalue weighted by Gasteiger charge is -2.08. The van der Waals surface area contributed by atoms with E-state index in [-0.39, 0.29) is 23.6 Å². The van der Waals surface area contributed by atoms with Crippen molar-refractivity contribution >= 4 is 22.8 Å². The zero-order valence-corrected chi connectivity index (χ0v) is 12.3. The van der Waals surface area contributed by atoms with Crippen LogP contribution in [0.15, 0.2) is 33.5 Å². The van der Waals surface area contributed by atoms with E-state index >= 15 is 0 Å². The van der Waals surface area contributed by atoms with E-state index in [9.17, 15) is 14.4 Å². The molecule has 22 heavy (non-hydrogen) atoms. The van der Waals surface area contributed by atoms with Gasteiger partial charge in [-0.25, -0.2) is 4.79 Å². The van der Waals surface area contributed by atoms with Gasteiger partial charge in [0.15, 0.2) is 0 Å². The molecule has 0 radical (unpaired) electrons. The average Bonchev–Trinajstić information content (AvgIpc) is 2.51. The number of ether oxygens (including phenoxy) is 1. The third-order valence-corrected chi connectivity index (χ3v) is 2.96. The fourth-order valence-corrected chi connectivity index (χ4v) is 1.93. The Morgan fingerprint density at radius 1 is 1.27 bits per heavy atom. The number of nitrogens with one attached hydrogen (secondary N) is 2. The van der Waals surface area contributed by atoms with Gasteiger partial charge in [0, 0.05) is 24.6 Å². The topological polar surface area (TPSA) is 97.6 Å². The van der Waals surface area contributed by atoms with E-state index in [0.717, 1.165) is 6.07 Å². The molecule has 116 valence electrons. The molecule has 2 rings (SSSR count). The van der Waals surface area contributed by atoms with E-state index in [4.69, 9.17) is 9.15 Å². The summed E-state index contributed by atoms with van der Waals surface area (Å²) in [6, 6.07) is 5.97. The van der Waals surface area contributed by atoms with Crippen molar-refractivity contribution in [1.82, 2.24) is 10.6 Å². The van der Waals surface area contributed by atoms with Gasteiger partial charge in [-0.15, -0.1) is 0 Å². The van der Waals surface area contributed by atoms with Gasteiger partial charge in [0.05, 0.1) is 18.7 Å². The minimum absolute atomic E-state index is 0.151. The maximum absolute atomic E-state index is 12.1. The molecular weight excluding hydrogens is 288 g/mol. The summed E-state index contributed by atoms with van der Waals surface area (Å²) >= 11 is 0. The standard InChI is InChI=1S/C15H16N2O5/c1-3-21-9-4-5-10-11(7-14(19)22-12(10)6-9)15(20)17-8-13(18)16-2/h4-7H,3,8H2,1-2H3,(H,16,18)(H,17,20). The Kier molecular flexibility index (Phi) is 4.77. The zero-order chi connectivity index (χ0) is 16.1. The Labute approximate surface area is 126 Å². The fraction of sp³-hybridized carbons (Fsp3) is 0.267. The molecule has 1 heterocycles. The number of amides is 2. The number of rotatable bonds is 5. The van der Waals surface area contributed by atoms with Crippen molar-refractivity contribution in [1.29, 1.82) is 0 Å². The molecule has 0 fully saturated rings. The van der Waals surface area contributed by atoms with Crippen LogP contribution in [0.25, 0.3) is 11.0 Å². The van der Waals surface area contributed by atoms with Gasteiger partial charge in [-0.3, -0.25) is 9.59 Å². The predicted molar refractivity (Wildman–Crippen MR) is 80.1 cm³/mol. The molecule has 2 aromatic rings. The summed E-state index contributed by atoms with van der Waals surface area (Å²) in [7, 11) is 1.47. The van der Waals surface area contributed by atoms with Crippen LogP contribution in [0.3, 0.4) is 0 Å². The van der Waals surface area contributed by atoms with Crippen molar-refractivity contribution in [3.8, 4) is 5.75 Å². The maximum atomic E-state index is 12.1. The summed E-state index contributed by atoms with van der Waals surface area (Å²) in [4.78, 5) is 34.9. The first-order valence-electron chi connectivity index (χ1n) is 6.74. The van der Waals surface area contributed by atoms with E-state index in [1.807, 2.05) is 6.92 Å². The van der Waals surface area contributed by atoms with E-state index in [1.165, 1.54) is 7.05 Å². The molecule has 1 aromatic heterocycles. The predicted octanol–water partition coefficient (Wildman–Crippen LogP) is 0.667. The lowest BCUT2D eigenvalue weighted by Crippen LogP contribution is -2.35. The molecule has 0 saturated heterocycles. The van der Waals surface area contributed by atoms with Crippen molar-refractivity contribution in [3.05, 3.63) is 40.2 Å². The van der Waals surface area contributed by atoms with Gasteiger partial charge in [0.25, 0.3) is 5.91 Å². The Hall–Kier alpha value is -2.83. The number of hydrogen-bond donors (Lipinski definition) is 2. The highest BCUT2D eigenvalue weighted by atomic mass is 16.5. The number of fused-ring (bicyclic) bond motifs is 1. The molecule has 1 aromatic carbocycles. The lowest BCUT2D eigenvalue weighted by molar-refractivity contribution is -0.119. The van der Waals surface area contributed by atoms with Gasteiger partial charge in [0.1, 0.15) is 11.3 Å². The largest absolute Gasteiger partial charge is 0.494 e. The molecule has 7 nitrogen and oxygen atoms in total. The number of carbonyl (C=O) groups is 2. The lowest BCUT2D eigenvalue weighted by atomic mass is 10.1. The molecule has 7 heteroatoms. The summed E-state index contributed by atoms with van der Waals surface area (Å²) in [6.07, 6.45) is 0. The third kappa shape index (κ3) is 3.43. The molecule has 0 atom stereocenters. The normalized spacial score (nSPS) is 10.3. The molecule has 2 amide bonds. The second-order valence-corrected chi connectivity index (χ2v) is 4.43. The third-order valence-electron chi connectivity index (χ3n) is 2.96. The van der Waals surface area contributed by atoms with Crippen molar-refractivity contribution < 1.29 is 18.7 Å². The van der Waals surface area contributed by atoms with Crippen LogP contribution >= 0.6 is 0 Å². The van der Waals surface area contributed by atoms with Gasteiger partial charge >= 0.3 is 5.63 Å². The Morgan fingerprint density at radius 3 is 2.73 bits per heavy atom. The van der Waals surface area contributed by atoms with Crippen LogP contribution in [0.2, 0.25) is 0 Å². The molecule has 0 aliphatic heterocycles. The summed E-state index contributed by atoms with van der Waals surface area (Å²) in [5.41, 5.74) is -0.243. The van der Waals surface area contributed by atoms with Crippen LogP contribution < -0.4 is 21.0 Å². The molecule has 0 saturated carbocycles. The van der Waals surface area contributed by atoms with Crippen LogP contribution in [0.1, 0.15) is 17.3 Å². The monoisotopic (exact) mass is 304 g/mol. The Bertz CT molecular complexity index is 766. The molecule has 0 unspecified atom stereocenters. The average molecular weight is 304 g/mol. The van der Waals surface area contributed by atoms with E-state index in [0.29, 0.717) is 17.7 Å². The quantitative estimate of drug-likeness (QED) is 0.791. The van der Waals surface area contributed by atoms with Crippen LogP contribution in [0.4, 0.5) is 0 Å². The number of likely N-dealkylation sites (N-methyl/N-ethyl adjacent to an activating group) is 1. The first-order chi connectivity index (χ1) is 10.5. The highest BCUT2D eigenvalue weighted by Crippen LogP contribution is 2.22. The van der Waals surface area contributed by atoms with Crippen LogP contribution in [0.5, 0.6) is 5.75 Å². The number of carbonyl (C=O) groups excluding carboxylic acids is 2. The first kappa shape index (κ1) is 15.6. The maximum Gasteiger partial charge on any atom is 0.337 e.